The molecule has 10 heteroatoms. The SMILES string of the molecule is COc1cn(C(CC2CCC(O)CC2)C(=O)Nc2ccc(C(=O)O)cc2)c(=O)cc1-c1cc(Cl)ccc1C(C)=O. The van der Waals surface area contributed by atoms with Crippen molar-refractivity contribution in [2.45, 2.75) is 51.2 Å². The Labute approximate surface area is 236 Å². The number of aliphatic hydroxyl groups is 1. The van der Waals surface area contributed by atoms with Gasteiger partial charge in [-0.15, -0.1) is 0 Å². The van der Waals surface area contributed by atoms with E-state index in [2.05, 4.69) is 5.32 Å². The van der Waals surface area contributed by atoms with Crippen molar-refractivity contribution in [1.29, 1.82) is 0 Å². The lowest BCUT2D eigenvalue weighted by atomic mass is 9.83. The third-order valence-corrected chi connectivity index (χ3v) is 7.56. The van der Waals surface area contributed by atoms with E-state index in [-0.39, 0.29) is 29.1 Å². The van der Waals surface area contributed by atoms with Crippen molar-refractivity contribution in [3.05, 3.63) is 81.2 Å². The maximum absolute atomic E-state index is 13.6. The van der Waals surface area contributed by atoms with E-state index in [9.17, 15) is 24.3 Å². The number of nitrogens with one attached hydrogen (secondary N) is 1. The summed E-state index contributed by atoms with van der Waals surface area (Å²) in [6, 6.07) is 11.0. The van der Waals surface area contributed by atoms with Crippen molar-refractivity contribution in [3.8, 4) is 16.9 Å². The van der Waals surface area contributed by atoms with Gasteiger partial charge in [0, 0.05) is 27.9 Å². The molecule has 4 rings (SSSR count). The second-order valence-electron chi connectivity index (χ2n) is 10.0. The molecule has 1 amide bonds. The van der Waals surface area contributed by atoms with Crippen molar-refractivity contribution >= 4 is 34.9 Å². The Hall–Kier alpha value is -3.95. The number of aromatic nitrogens is 1. The number of carboxylic acid groups (broad SMARTS) is 1. The average Bonchev–Trinajstić information content (AvgIpc) is 2.92. The number of hydrogen-bond donors (Lipinski definition) is 3. The number of aromatic carboxylic acids is 1. The highest BCUT2D eigenvalue weighted by atomic mass is 35.5. The van der Waals surface area contributed by atoms with Crippen molar-refractivity contribution in [2.75, 3.05) is 12.4 Å². The zero-order valence-electron chi connectivity index (χ0n) is 22.2. The summed E-state index contributed by atoms with van der Waals surface area (Å²) in [6.07, 6.45) is 4.12. The van der Waals surface area contributed by atoms with Crippen molar-refractivity contribution in [2.24, 2.45) is 5.92 Å². The van der Waals surface area contributed by atoms with Crippen molar-refractivity contribution in [1.82, 2.24) is 4.57 Å². The largest absolute Gasteiger partial charge is 0.495 e. The molecular weight excluding hydrogens is 536 g/mol. The molecule has 9 nitrogen and oxygen atoms in total. The Morgan fingerprint density at radius 1 is 1.05 bits per heavy atom. The molecule has 3 N–H and O–H groups in total. The number of amides is 1. The third kappa shape index (κ3) is 6.60. The van der Waals surface area contributed by atoms with E-state index in [0.717, 1.165) is 0 Å². The van der Waals surface area contributed by atoms with Crippen LogP contribution in [0.4, 0.5) is 5.69 Å². The van der Waals surface area contributed by atoms with Crippen LogP contribution in [0.1, 0.15) is 65.8 Å². The molecule has 1 aliphatic rings. The average molecular weight is 567 g/mol. The van der Waals surface area contributed by atoms with Crippen LogP contribution in [0.25, 0.3) is 11.1 Å². The number of carbonyl (C=O) groups is 3. The van der Waals surface area contributed by atoms with E-state index in [4.69, 9.17) is 21.4 Å². The predicted molar refractivity (Wildman–Crippen MR) is 151 cm³/mol. The van der Waals surface area contributed by atoms with Crippen LogP contribution in [-0.4, -0.2) is 45.7 Å². The second-order valence-corrected chi connectivity index (χ2v) is 10.5. The zero-order valence-corrected chi connectivity index (χ0v) is 23.0. The molecule has 0 bridgehead atoms. The fourth-order valence-electron chi connectivity index (χ4n) is 5.16. The van der Waals surface area contributed by atoms with Gasteiger partial charge in [-0.3, -0.25) is 19.0 Å². The highest BCUT2D eigenvalue weighted by molar-refractivity contribution is 6.31. The minimum Gasteiger partial charge on any atom is -0.495 e. The maximum Gasteiger partial charge on any atom is 0.335 e. The molecule has 2 aromatic carbocycles. The van der Waals surface area contributed by atoms with Crippen LogP contribution in [0.5, 0.6) is 5.75 Å². The van der Waals surface area contributed by atoms with E-state index in [1.165, 1.54) is 55.1 Å². The molecule has 0 spiro atoms. The molecule has 1 aromatic heterocycles. The van der Waals surface area contributed by atoms with E-state index in [0.29, 0.717) is 59.5 Å². The number of halogens is 1. The summed E-state index contributed by atoms with van der Waals surface area (Å²) in [5.74, 6) is -1.35. The smallest absolute Gasteiger partial charge is 0.335 e. The molecule has 210 valence electrons. The lowest BCUT2D eigenvalue weighted by Crippen LogP contribution is -2.35. The van der Waals surface area contributed by atoms with Gasteiger partial charge < -0.3 is 20.3 Å². The van der Waals surface area contributed by atoms with E-state index < -0.39 is 23.5 Å². The Balaban J connectivity index is 1.74. The van der Waals surface area contributed by atoms with Crippen LogP contribution in [0.15, 0.2) is 59.5 Å². The number of benzene rings is 2. The van der Waals surface area contributed by atoms with Crippen LogP contribution >= 0.6 is 11.6 Å². The van der Waals surface area contributed by atoms with Gasteiger partial charge in [-0.05, 0) is 93.0 Å². The quantitative estimate of drug-likeness (QED) is 0.303. The number of ether oxygens (including phenoxy) is 1. The number of hydrogen-bond acceptors (Lipinski definition) is 6. The second kappa shape index (κ2) is 12.5. The molecule has 3 aromatic rings. The summed E-state index contributed by atoms with van der Waals surface area (Å²) < 4.78 is 6.95. The molecule has 0 aliphatic heterocycles. The Morgan fingerprint density at radius 2 is 1.73 bits per heavy atom. The summed E-state index contributed by atoms with van der Waals surface area (Å²) in [4.78, 5) is 50.7. The van der Waals surface area contributed by atoms with Gasteiger partial charge in [-0.1, -0.05) is 11.6 Å². The topological polar surface area (TPSA) is 135 Å². The Morgan fingerprint density at radius 3 is 2.33 bits per heavy atom. The first-order valence-corrected chi connectivity index (χ1v) is 13.4. The van der Waals surface area contributed by atoms with Crippen molar-refractivity contribution < 1.29 is 29.3 Å². The normalized spacial score (nSPS) is 17.6. The van der Waals surface area contributed by atoms with Gasteiger partial charge in [0.2, 0.25) is 5.91 Å². The minimum absolute atomic E-state index is 0.0813. The number of Topliss-reactive ketones (excluding diaryl/α,β-unsaturated/α-hetero) is 1. The number of ketones is 1. The van der Waals surface area contributed by atoms with E-state index in [1.807, 2.05) is 0 Å². The zero-order chi connectivity index (χ0) is 29.0. The first-order valence-electron chi connectivity index (χ1n) is 13.0. The van der Waals surface area contributed by atoms with E-state index >= 15 is 0 Å². The van der Waals surface area contributed by atoms with Crippen LogP contribution < -0.4 is 15.6 Å². The standard InChI is InChI=1S/C30H31ClN2O7/c1-17(34)23-12-7-20(31)14-24(23)25-15-28(36)33(16-27(25)40-2)26(13-18-3-10-22(35)11-4-18)29(37)32-21-8-5-19(6-9-21)30(38)39/h5-9,12,14-16,18,22,26,35H,3-4,10-11,13H2,1-2H3,(H,32,37)(H,38,39). The first-order chi connectivity index (χ1) is 19.1. The summed E-state index contributed by atoms with van der Waals surface area (Å²) in [5, 5.41) is 22.3. The molecule has 40 heavy (non-hydrogen) atoms. The number of nitrogens with zero attached hydrogens (tertiary/aromatic N) is 1. The number of pyridine rings is 1. The van der Waals surface area contributed by atoms with Crippen LogP contribution in [0.3, 0.4) is 0 Å². The number of rotatable bonds is 9. The lowest BCUT2D eigenvalue weighted by molar-refractivity contribution is -0.120. The van der Waals surface area contributed by atoms with Crippen LogP contribution in [-0.2, 0) is 4.79 Å². The number of carboxylic acids is 1. The highest BCUT2D eigenvalue weighted by Gasteiger charge is 2.30. The molecule has 1 fully saturated rings. The van der Waals surface area contributed by atoms with Gasteiger partial charge in [0.05, 0.1) is 25.0 Å². The molecule has 0 saturated heterocycles. The summed E-state index contributed by atoms with van der Waals surface area (Å²) in [7, 11) is 1.44. The van der Waals surface area contributed by atoms with Crippen LogP contribution in [0, 0.1) is 5.92 Å². The van der Waals surface area contributed by atoms with E-state index in [1.54, 1.807) is 18.2 Å². The summed E-state index contributed by atoms with van der Waals surface area (Å²) in [5.41, 5.74) is 1.20. The Bertz CT molecular complexity index is 1470. The maximum atomic E-state index is 13.6. The van der Waals surface area contributed by atoms with Gasteiger partial charge in [-0.2, -0.15) is 0 Å². The number of carbonyl (C=O) groups excluding carboxylic acids is 2. The lowest BCUT2D eigenvalue weighted by Gasteiger charge is -2.29. The minimum atomic E-state index is -1.08. The molecule has 1 aliphatic carbocycles. The van der Waals surface area contributed by atoms with Crippen molar-refractivity contribution in [3.63, 3.8) is 0 Å². The number of aliphatic hydroxyl groups excluding tert-OH is 1. The van der Waals surface area contributed by atoms with Gasteiger partial charge in [0.25, 0.3) is 5.56 Å². The summed E-state index contributed by atoms with van der Waals surface area (Å²) in [6.45, 7) is 1.42. The molecule has 0 radical (unpaired) electrons. The molecule has 1 atom stereocenters. The third-order valence-electron chi connectivity index (χ3n) is 7.33. The monoisotopic (exact) mass is 566 g/mol. The van der Waals surface area contributed by atoms with Crippen LogP contribution in [0.2, 0.25) is 5.02 Å². The molecule has 1 saturated carbocycles. The number of anilines is 1. The first kappa shape index (κ1) is 29.0. The number of methoxy groups -OCH3 is 1. The fraction of sp³-hybridized carbons (Fsp3) is 0.333. The predicted octanol–water partition coefficient (Wildman–Crippen LogP) is 5.20. The van der Waals surface area contributed by atoms with Gasteiger partial charge >= 0.3 is 5.97 Å². The molecular formula is C30H31ClN2O7. The fourth-order valence-corrected chi connectivity index (χ4v) is 5.33. The highest BCUT2D eigenvalue weighted by Crippen LogP contribution is 2.36. The van der Waals surface area contributed by atoms with Gasteiger partial charge in [0.1, 0.15) is 11.8 Å². The molecule has 1 unspecified atom stereocenters. The Kier molecular flexibility index (Phi) is 9.07. The molecule has 1 heterocycles. The van der Waals surface area contributed by atoms with Gasteiger partial charge in [0.15, 0.2) is 5.78 Å². The van der Waals surface area contributed by atoms with Gasteiger partial charge in [-0.25, -0.2) is 4.79 Å². The summed E-state index contributed by atoms with van der Waals surface area (Å²) >= 11 is 6.21.